The standard InChI is InChI=1S/C20H24BrN5O2/c1-14(2)17(24-18(27)15-6-3-4-7-16(15)21)19(28)25-10-12-26(13-11-25)20-22-8-5-9-23-20/h3-9,14,17H,10-13H2,1-2H3,(H,24,27). The number of hydrogen-bond acceptors (Lipinski definition) is 5. The second-order valence-corrected chi connectivity index (χ2v) is 7.89. The zero-order valence-corrected chi connectivity index (χ0v) is 17.6. The topological polar surface area (TPSA) is 78.4 Å². The van der Waals surface area contributed by atoms with Gasteiger partial charge in [0.2, 0.25) is 11.9 Å². The lowest BCUT2D eigenvalue weighted by molar-refractivity contribution is -0.134. The van der Waals surface area contributed by atoms with Crippen molar-refractivity contribution in [2.24, 2.45) is 5.92 Å². The lowest BCUT2D eigenvalue weighted by atomic mass is 10.0. The number of carbonyl (C=O) groups excluding carboxylic acids is 2. The maximum absolute atomic E-state index is 13.1. The Bertz CT molecular complexity index is 822. The Hall–Kier alpha value is -2.48. The van der Waals surface area contributed by atoms with Gasteiger partial charge in [-0.2, -0.15) is 0 Å². The summed E-state index contributed by atoms with van der Waals surface area (Å²) in [4.78, 5) is 38.2. The number of anilines is 1. The molecule has 1 unspecified atom stereocenters. The molecule has 0 aliphatic carbocycles. The van der Waals surface area contributed by atoms with E-state index in [2.05, 4.69) is 36.1 Å². The number of hydrogen-bond donors (Lipinski definition) is 1. The van der Waals surface area contributed by atoms with Crippen LogP contribution in [0.15, 0.2) is 47.2 Å². The van der Waals surface area contributed by atoms with Gasteiger partial charge in [-0.3, -0.25) is 9.59 Å². The molecule has 1 aromatic carbocycles. The van der Waals surface area contributed by atoms with Gasteiger partial charge < -0.3 is 15.1 Å². The summed E-state index contributed by atoms with van der Waals surface area (Å²) in [5, 5.41) is 2.92. The number of rotatable bonds is 5. The molecule has 148 valence electrons. The third kappa shape index (κ3) is 4.67. The third-order valence-electron chi connectivity index (χ3n) is 4.76. The number of nitrogens with zero attached hydrogens (tertiary/aromatic N) is 4. The van der Waals surface area contributed by atoms with E-state index in [1.807, 2.05) is 30.9 Å². The van der Waals surface area contributed by atoms with E-state index in [9.17, 15) is 9.59 Å². The summed E-state index contributed by atoms with van der Waals surface area (Å²) in [7, 11) is 0. The highest BCUT2D eigenvalue weighted by atomic mass is 79.9. The minimum absolute atomic E-state index is 0.0191. The van der Waals surface area contributed by atoms with Gasteiger partial charge in [-0.25, -0.2) is 9.97 Å². The van der Waals surface area contributed by atoms with Crippen molar-refractivity contribution < 1.29 is 9.59 Å². The summed E-state index contributed by atoms with van der Waals surface area (Å²) in [6.45, 7) is 6.36. The normalized spacial score (nSPS) is 15.4. The second kappa shape index (κ2) is 9.14. The molecule has 0 spiro atoms. The quantitative estimate of drug-likeness (QED) is 0.763. The molecule has 1 aromatic heterocycles. The Labute approximate surface area is 173 Å². The van der Waals surface area contributed by atoms with Crippen LogP contribution in [0.25, 0.3) is 0 Å². The molecule has 28 heavy (non-hydrogen) atoms. The molecule has 1 fully saturated rings. The van der Waals surface area contributed by atoms with Gasteiger partial charge in [0, 0.05) is 43.0 Å². The molecule has 1 saturated heterocycles. The van der Waals surface area contributed by atoms with E-state index < -0.39 is 6.04 Å². The van der Waals surface area contributed by atoms with Crippen LogP contribution >= 0.6 is 15.9 Å². The molecular formula is C20H24BrN5O2. The number of halogens is 1. The van der Waals surface area contributed by atoms with Crippen LogP contribution in [-0.4, -0.2) is 58.9 Å². The average molecular weight is 446 g/mol. The highest BCUT2D eigenvalue weighted by Gasteiger charge is 2.31. The maximum atomic E-state index is 13.1. The number of benzene rings is 1. The first kappa shape index (κ1) is 20.3. The third-order valence-corrected chi connectivity index (χ3v) is 5.46. The molecule has 1 N–H and O–H groups in total. The van der Waals surface area contributed by atoms with Gasteiger partial charge in [0.15, 0.2) is 0 Å². The Kier molecular flexibility index (Phi) is 6.61. The van der Waals surface area contributed by atoms with Crippen molar-refractivity contribution >= 4 is 33.7 Å². The van der Waals surface area contributed by atoms with E-state index in [1.165, 1.54) is 0 Å². The maximum Gasteiger partial charge on any atom is 0.253 e. The van der Waals surface area contributed by atoms with E-state index in [0.29, 0.717) is 42.2 Å². The van der Waals surface area contributed by atoms with E-state index in [-0.39, 0.29) is 17.7 Å². The fourth-order valence-electron chi connectivity index (χ4n) is 3.16. The van der Waals surface area contributed by atoms with Crippen molar-refractivity contribution in [2.45, 2.75) is 19.9 Å². The van der Waals surface area contributed by atoms with Crippen LogP contribution in [0.4, 0.5) is 5.95 Å². The van der Waals surface area contributed by atoms with Gasteiger partial charge in [-0.05, 0) is 40.0 Å². The van der Waals surface area contributed by atoms with Crippen molar-refractivity contribution in [3.8, 4) is 0 Å². The van der Waals surface area contributed by atoms with Crippen molar-refractivity contribution in [2.75, 3.05) is 31.1 Å². The highest BCUT2D eigenvalue weighted by molar-refractivity contribution is 9.10. The second-order valence-electron chi connectivity index (χ2n) is 7.04. The molecule has 0 saturated carbocycles. The first-order valence-corrected chi connectivity index (χ1v) is 10.1. The van der Waals surface area contributed by atoms with E-state index in [4.69, 9.17) is 0 Å². The molecule has 8 heteroatoms. The summed E-state index contributed by atoms with van der Waals surface area (Å²) in [5.41, 5.74) is 0.520. The van der Waals surface area contributed by atoms with Gasteiger partial charge in [0.1, 0.15) is 6.04 Å². The number of carbonyl (C=O) groups is 2. The van der Waals surface area contributed by atoms with Crippen LogP contribution in [-0.2, 0) is 4.79 Å². The van der Waals surface area contributed by atoms with Crippen LogP contribution in [0, 0.1) is 5.92 Å². The largest absolute Gasteiger partial charge is 0.340 e. The minimum Gasteiger partial charge on any atom is -0.340 e. The van der Waals surface area contributed by atoms with Gasteiger partial charge >= 0.3 is 0 Å². The predicted molar refractivity (Wildman–Crippen MR) is 111 cm³/mol. The summed E-state index contributed by atoms with van der Waals surface area (Å²) < 4.78 is 0.707. The number of piperazine rings is 1. The first-order valence-electron chi connectivity index (χ1n) is 9.33. The van der Waals surface area contributed by atoms with Crippen LogP contribution in [0.1, 0.15) is 24.2 Å². The lowest BCUT2D eigenvalue weighted by Gasteiger charge is -2.37. The van der Waals surface area contributed by atoms with E-state index >= 15 is 0 Å². The molecule has 1 atom stereocenters. The monoisotopic (exact) mass is 445 g/mol. The summed E-state index contributed by atoms with van der Waals surface area (Å²) in [6.07, 6.45) is 3.43. The van der Waals surface area contributed by atoms with Gasteiger partial charge in [-0.1, -0.05) is 26.0 Å². The lowest BCUT2D eigenvalue weighted by Crippen LogP contribution is -2.56. The molecule has 0 bridgehead atoms. The molecule has 2 heterocycles. The van der Waals surface area contributed by atoms with E-state index in [0.717, 1.165) is 0 Å². The molecule has 1 aliphatic rings. The smallest absolute Gasteiger partial charge is 0.253 e. The zero-order chi connectivity index (χ0) is 20.1. The highest BCUT2D eigenvalue weighted by Crippen LogP contribution is 2.17. The minimum atomic E-state index is -0.570. The average Bonchev–Trinajstić information content (AvgIpc) is 2.72. The molecule has 3 rings (SSSR count). The molecule has 0 radical (unpaired) electrons. The predicted octanol–water partition coefficient (Wildman–Crippen LogP) is 2.34. The first-order chi connectivity index (χ1) is 13.5. The van der Waals surface area contributed by atoms with Crippen LogP contribution in [0.3, 0.4) is 0 Å². The Morgan fingerprint density at radius 3 is 2.29 bits per heavy atom. The van der Waals surface area contributed by atoms with Crippen molar-refractivity contribution in [1.29, 1.82) is 0 Å². The molecule has 2 aromatic rings. The molecular weight excluding hydrogens is 422 g/mol. The molecule has 7 nitrogen and oxygen atoms in total. The molecule has 1 aliphatic heterocycles. The van der Waals surface area contributed by atoms with Crippen molar-refractivity contribution in [3.05, 3.63) is 52.8 Å². The zero-order valence-electron chi connectivity index (χ0n) is 16.0. The van der Waals surface area contributed by atoms with Gasteiger partial charge in [0.25, 0.3) is 5.91 Å². The summed E-state index contributed by atoms with van der Waals surface area (Å²) in [6, 6.07) is 8.41. The van der Waals surface area contributed by atoms with Gasteiger partial charge in [-0.15, -0.1) is 0 Å². The fraction of sp³-hybridized carbons (Fsp3) is 0.400. The van der Waals surface area contributed by atoms with Crippen LogP contribution in [0.2, 0.25) is 0 Å². The Balaban J connectivity index is 1.64. The number of aromatic nitrogens is 2. The Morgan fingerprint density at radius 2 is 1.68 bits per heavy atom. The fourth-order valence-corrected chi connectivity index (χ4v) is 3.62. The van der Waals surface area contributed by atoms with Crippen LogP contribution < -0.4 is 10.2 Å². The van der Waals surface area contributed by atoms with Crippen molar-refractivity contribution in [3.63, 3.8) is 0 Å². The Morgan fingerprint density at radius 1 is 1.04 bits per heavy atom. The molecule has 2 amide bonds. The summed E-state index contributed by atoms with van der Waals surface area (Å²) in [5.74, 6) is 0.353. The summed E-state index contributed by atoms with van der Waals surface area (Å²) >= 11 is 3.39. The number of nitrogens with one attached hydrogen (secondary N) is 1. The number of amides is 2. The van der Waals surface area contributed by atoms with Crippen molar-refractivity contribution in [1.82, 2.24) is 20.2 Å². The van der Waals surface area contributed by atoms with E-state index in [1.54, 1.807) is 30.6 Å². The van der Waals surface area contributed by atoms with Gasteiger partial charge in [0.05, 0.1) is 5.56 Å². The van der Waals surface area contributed by atoms with Crippen LogP contribution in [0.5, 0.6) is 0 Å². The SMILES string of the molecule is CC(C)C(NC(=O)c1ccccc1Br)C(=O)N1CCN(c2ncccn2)CC1.